The zero-order valence-electron chi connectivity index (χ0n) is 37.5. The van der Waals surface area contributed by atoms with Gasteiger partial charge in [0.2, 0.25) is 0 Å². The summed E-state index contributed by atoms with van der Waals surface area (Å²) in [5.74, 6) is 8.05. The maximum Gasteiger partial charge on any atom is 0.146 e. The Labute approximate surface area is 359 Å². The van der Waals surface area contributed by atoms with Crippen LogP contribution in [-0.4, -0.2) is 36.1 Å². The van der Waals surface area contributed by atoms with Gasteiger partial charge < -0.3 is 0 Å². The molecule has 0 unspecified atom stereocenters. The Morgan fingerprint density at radius 3 is 0.917 bits per heavy atom. The average molecular weight is 819 g/mol. The third kappa shape index (κ3) is 5.85. The Bertz CT molecular complexity index is 2720. The van der Waals surface area contributed by atoms with Gasteiger partial charge in [-0.25, -0.2) is 19.9 Å². The molecule has 5 aromatic carbocycles. The van der Waals surface area contributed by atoms with Gasteiger partial charge >= 0.3 is 0 Å². The first kappa shape index (κ1) is 40.3. The highest BCUT2D eigenvalue weighted by Gasteiger charge is 2.44. The van der Waals surface area contributed by atoms with E-state index in [0.29, 0.717) is 33.2 Å². The van der Waals surface area contributed by atoms with Gasteiger partial charge in [-0.2, -0.15) is 0 Å². The van der Waals surface area contributed by atoms with Gasteiger partial charge in [-0.3, -0.25) is 0 Å². The summed E-state index contributed by atoms with van der Waals surface area (Å²) in [6, 6.07) is 30.9. The quantitative estimate of drug-likeness (QED) is 0.0953. The second-order valence-electron chi connectivity index (χ2n) is 19.5. The van der Waals surface area contributed by atoms with E-state index < -0.39 is 16.1 Å². The fourth-order valence-electron chi connectivity index (χ4n) is 12.1. The van der Waals surface area contributed by atoms with E-state index in [9.17, 15) is 0 Å². The van der Waals surface area contributed by atoms with Crippen LogP contribution in [0.4, 0.5) is 0 Å². The summed E-state index contributed by atoms with van der Waals surface area (Å²) in [6.45, 7) is 28.5. The van der Waals surface area contributed by atoms with Gasteiger partial charge in [-0.15, -0.1) is 11.1 Å². The van der Waals surface area contributed by atoms with E-state index in [1.807, 2.05) is 12.1 Å². The van der Waals surface area contributed by atoms with Crippen molar-refractivity contribution in [3.8, 4) is 22.9 Å². The first-order chi connectivity index (χ1) is 28.7. The Kier molecular flexibility index (Phi) is 9.93. The highest BCUT2D eigenvalue weighted by atomic mass is 28.3. The van der Waals surface area contributed by atoms with Crippen LogP contribution in [0.3, 0.4) is 0 Å². The third-order valence-corrected chi connectivity index (χ3v) is 27.4. The van der Waals surface area contributed by atoms with Gasteiger partial charge in [-0.05, 0) is 90.9 Å². The monoisotopic (exact) mass is 818 g/mol. The smallest absolute Gasteiger partial charge is 0.146 e. The van der Waals surface area contributed by atoms with Crippen LogP contribution < -0.4 is 0 Å². The van der Waals surface area contributed by atoms with Crippen molar-refractivity contribution in [2.45, 2.75) is 128 Å². The molecule has 60 heavy (non-hydrogen) atoms. The SMILES string of the molecule is CC(C)[Si](C#Cc1c2nc3ccccc3nc2c(C#C[Si](C(C)C)(C(C)C)C(C)C)c2nc3cc4c(cc3nc12)C1c2ccccc2C4c2ccccc21)(C(C)C)C(C)C. The summed E-state index contributed by atoms with van der Waals surface area (Å²) in [7, 11) is -4.32. The van der Waals surface area contributed by atoms with E-state index in [2.05, 4.69) is 179 Å². The predicted molar refractivity (Wildman–Crippen MR) is 258 cm³/mol. The fraction of sp³-hybridized carbons (Fsp3) is 0.370. The molecule has 0 radical (unpaired) electrons. The molecule has 3 aliphatic rings. The number of rotatable bonds is 6. The molecule has 6 heteroatoms. The lowest BCUT2D eigenvalue weighted by Gasteiger charge is -2.42. The summed E-state index contributed by atoms with van der Waals surface area (Å²) in [4.78, 5) is 22.2. The van der Waals surface area contributed by atoms with Crippen molar-refractivity contribution in [2.75, 3.05) is 0 Å². The van der Waals surface area contributed by atoms with Crippen molar-refractivity contribution >= 4 is 60.3 Å². The predicted octanol–water partition coefficient (Wildman–Crippen LogP) is 14.0. The normalized spacial score (nSPS) is 16.0. The molecule has 2 aromatic heterocycles. The van der Waals surface area contributed by atoms with Crippen LogP contribution >= 0.6 is 0 Å². The van der Waals surface area contributed by atoms with Crippen molar-refractivity contribution in [1.29, 1.82) is 0 Å². The van der Waals surface area contributed by atoms with Gasteiger partial charge in [0.05, 0.1) is 33.2 Å². The van der Waals surface area contributed by atoms with E-state index >= 15 is 0 Å². The second kappa shape index (κ2) is 14.8. The molecule has 4 nitrogen and oxygen atoms in total. The molecular formula is C54H58N4Si2. The Morgan fingerprint density at radius 2 is 0.633 bits per heavy atom. The molecule has 0 saturated heterocycles. The minimum absolute atomic E-state index is 0.143. The van der Waals surface area contributed by atoms with Crippen LogP contribution in [0, 0.1) is 22.9 Å². The topological polar surface area (TPSA) is 51.6 Å². The van der Waals surface area contributed by atoms with Crippen molar-refractivity contribution in [3.05, 3.63) is 129 Å². The van der Waals surface area contributed by atoms with Crippen molar-refractivity contribution < 1.29 is 0 Å². The van der Waals surface area contributed by atoms with Crippen LogP contribution in [0.25, 0.3) is 44.1 Å². The molecule has 2 heterocycles. The average Bonchev–Trinajstić information content (AvgIpc) is 3.21. The molecule has 302 valence electrons. The van der Waals surface area contributed by atoms with Crippen molar-refractivity contribution in [3.63, 3.8) is 0 Å². The third-order valence-electron chi connectivity index (χ3n) is 14.8. The summed E-state index contributed by atoms with van der Waals surface area (Å²) < 4.78 is 0. The molecule has 0 N–H and O–H groups in total. The maximum atomic E-state index is 5.68. The van der Waals surface area contributed by atoms with Gasteiger partial charge in [0.25, 0.3) is 0 Å². The highest BCUT2D eigenvalue weighted by Crippen LogP contribution is 2.56. The molecule has 10 rings (SSSR count). The van der Waals surface area contributed by atoms with Crippen LogP contribution in [0.5, 0.6) is 0 Å². The lowest BCUT2D eigenvalue weighted by Crippen LogP contribution is -2.43. The van der Waals surface area contributed by atoms with E-state index in [4.69, 9.17) is 19.9 Å². The number of aromatic nitrogens is 4. The molecule has 3 aliphatic carbocycles. The van der Waals surface area contributed by atoms with Gasteiger partial charge in [0.15, 0.2) is 0 Å². The van der Waals surface area contributed by atoms with E-state index in [-0.39, 0.29) is 11.8 Å². The molecule has 0 amide bonds. The molecule has 7 aromatic rings. The summed E-state index contributed by atoms with van der Waals surface area (Å²) in [5, 5.41) is 0. The van der Waals surface area contributed by atoms with Crippen molar-refractivity contribution in [2.24, 2.45) is 0 Å². The van der Waals surface area contributed by atoms with Gasteiger partial charge in [0.1, 0.15) is 38.2 Å². The number of nitrogens with zero attached hydrogens (tertiary/aromatic N) is 4. The zero-order valence-corrected chi connectivity index (χ0v) is 39.5. The lowest BCUT2D eigenvalue weighted by atomic mass is 9.61. The molecule has 0 aliphatic heterocycles. The maximum absolute atomic E-state index is 5.68. The number of fused-ring (bicyclic) bond motifs is 4. The second-order valence-corrected chi connectivity index (χ2v) is 30.6. The molecule has 0 atom stereocenters. The fourth-order valence-corrected chi connectivity index (χ4v) is 22.5. The number of benzene rings is 5. The largest absolute Gasteiger partial charge is 0.243 e. The minimum atomic E-state index is -2.16. The molecule has 0 saturated carbocycles. The summed E-state index contributed by atoms with van der Waals surface area (Å²) in [6.07, 6.45) is 0. The summed E-state index contributed by atoms with van der Waals surface area (Å²) >= 11 is 0. The van der Waals surface area contributed by atoms with Gasteiger partial charge in [-0.1, -0.05) is 156 Å². The van der Waals surface area contributed by atoms with Crippen LogP contribution in [0.1, 0.15) is 139 Å². The molecule has 0 fully saturated rings. The standard InChI is InChI=1S/C54H58N4Si2/c1-31(2)59(32(3)4,33(5)6)27-25-41-51-52(56-46-24-18-17-23-45(46)55-51)42(26-28-60(34(7)8,35(9)10)36(11)12)54-53(41)57-47-29-43-44(30-48(47)58-54)50-39-21-15-13-19-37(39)49(43)38-20-14-16-22-40(38)50/h13-24,29-36,49-50H,1-12H3. The van der Waals surface area contributed by atoms with E-state index in [0.717, 1.165) is 55.3 Å². The highest BCUT2D eigenvalue weighted by molar-refractivity contribution is 6.91. The Hall–Kier alpha value is -5.15. The van der Waals surface area contributed by atoms with Crippen LogP contribution in [0.2, 0.25) is 33.2 Å². The molecule has 0 spiro atoms. The number of para-hydroxylation sites is 2. The van der Waals surface area contributed by atoms with E-state index in [1.54, 1.807) is 0 Å². The number of hydrogen-bond donors (Lipinski definition) is 0. The first-order valence-electron chi connectivity index (χ1n) is 22.3. The summed E-state index contributed by atoms with van der Waals surface area (Å²) in [5.41, 5.74) is 27.4. The zero-order chi connectivity index (χ0) is 42.4. The minimum Gasteiger partial charge on any atom is -0.243 e. The molecule has 2 bridgehead atoms. The van der Waals surface area contributed by atoms with Crippen LogP contribution in [-0.2, 0) is 0 Å². The van der Waals surface area contributed by atoms with Gasteiger partial charge in [0, 0.05) is 11.8 Å². The Balaban J connectivity index is 1.44. The Morgan fingerprint density at radius 1 is 0.367 bits per heavy atom. The molecular weight excluding hydrogens is 761 g/mol. The first-order valence-corrected chi connectivity index (χ1v) is 26.8. The number of hydrogen-bond acceptors (Lipinski definition) is 4. The lowest BCUT2D eigenvalue weighted by molar-refractivity contribution is 0.756. The van der Waals surface area contributed by atoms with Crippen molar-refractivity contribution in [1.82, 2.24) is 19.9 Å². The van der Waals surface area contributed by atoms with Crippen LogP contribution in [0.15, 0.2) is 84.9 Å². The van der Waals surface area contributed by atoms with E-state index in [1.165, 1.54) is 33.4 Å².